The summed E-state index contributed by atoms with van der Waals surface area (Å²) >= 11 is 1.27. The Morgan fingerprint density at radius 3 is 3.05 bits per heavy atom. The van der Waals surface area contributed by atoms with Gasteiger partial charge in [0.1, 0.15) is 5.52 Å². The number of aromatic nitrogens is 1. The van der Waals surface area contributed by atoms with E-state index >= 15 is 0 Å². The molecular weight excluding hydrogens is 292 g/mol. The first kappa shape index (κ1) is 15.8. The molecule has 0 spiro atoms. The highest BCUT2D eigenvalue weighted by molar-refractivity contribution is 7.99. The van der Waals surface area contributed by atoms with Gasteiger partial charge >= 0.3 is 0 Å². The van der Waals surface area contributed by atoms with Crippen LogP contribution in [0.4, 0.5) is 0 Å². The van der Waals surface area contributed by atoms with Crippen LogP contribution in [0.5, 0.6) is 0 Å². The molecule has 2 aromatic rings. The van der Waals surface area contributed by atoms with E-state index in [0.29, 0.717) is 25.0 Å². The second kappa shape index (κ2) is 8.66. The number of aliphatic hydroxyl groups excluding tert-OH is 1. The fraction of sp³-hybridized carbons (Fsp3) is 0.429. The predicted molar refractivity (Wildman–Crippen MR) is 80.3 cm³/mol. The van der Waals surface area contributed by atoms with Gasteiger partial charge in [-0.2, -0.15) is 0 Å². The van der Waals surface area contributed by atoms with E-state index in [9.17, 15) is 4.79 Å². The second-order valence-electron chi connectivity index (χ2n) is 4.28. The zero-order valence-corrected chi connectivity index (χ0v) is 12.4. The molecule has 1 aromatic carbocycles. The molecule has 21 heavy (non-hydrogen) atoms. The lowest BCUT2D eigenvalue weighted by atomic mass is 10.3. The smallest absolute Gasteiger partial charge is 0.257 e. The molecule has 0 saturated carbocycles. The van der Waals surface area contributed by atoms with Crippen LogP contribution in [-0.2, 0) is 9.53 Å². The van der Waals surface area contributed by atoms with Crippen LogP contribution in [0.15, 0.2) is 33.9 Å². The van der Waals surface area contributed by atoms with Crippen LogP contribution < -0.4 is 5.32 Å². The lowest BCUT2D eigenvalue weighted by Crippen LogP contribution is -2.27. The second-order valence-corrected chi connectivity index (χ2v) is 5.20. The number of ether oxygens (including phenoxy) is 1. The number of carbonyl (C=O) groups excluding carboxylic acids is 1. The van der Waals surface area contributed by atoms with Crippen molar-refractivity contribution in [3.63, 3.8) is 0 Å². The van der Waals surface area contributed by atoms with E-state index in [2.05, 4.69) is 10.3 Å². The van der Waals surface area contributed by atoms with Crippen LogP contribution in [0.3, 0.4) is 0 Å². The molecule has 1 heterocycles. The Labute approximate surface area is 126 Å². The minimum absolute atomic E-state index is 0.0213. The summed E-state index contributed by atoms with van der Waals surface area (Å²) in [6.07, 6.45) is 0.722. The van der Waals surface area contributed by atoms with Gasteiger partial charge in [0.05, 0.1) is 19.0 Å². The lowest BCUT2D eigenvalue weighted by molar-refractivity contribution is -0.118. The first-order valence-corrected chi connectivity index (χ1v) is 7.72. The zero-order valence-electron chi connectivity index (χ0n) is 11.6. The number of rotatable bonds is 9. The van der Waals surface area contributed by atoms with Gasteiger partial charge in [-0.25, -0.2) is 4.98 Å². The lowest BCUT2D eigenvalue weighted by Gasteiger charge is -2.04. The minimum atomic E-state index is -0.0654. The highest BCUT2D eigenvalue weighted by Crippen LogP contribution is 2.22. The van der Waals surface area contributed by atoms with Crippen LogP contribution >= 0.6 is 11.8 Å². The highest BCUT2D eigenvalue weighted by atomic mass is 32.2. The molecule has 2 rings (SSSR count). The van der Waals surface area contributed by atoms with E-state index in [1.165, 1.54) is 11.8 Å². The quantitative estimate of drug-likeness (QED) is 0.538. The molecule has 0 aliphatic carbocycles. The molecule has 2 N–H and O–H groups in total. The van der Waals surface area contributed by atoms with Crippen LogP contribution in [0.1, 0.15) is 6.42 Å². The Balaban J connectivity index is 1.64. The average molecular weight is 310 g/mol. The molecule has 0 aliphatic rings. The van der Waals surface area contributed by atoms with Crippen molar-refractivity contribution >= 4 is 28.8 Å². The van der Waals surface area contributed by atoms with E-state index in [1.807, 2.05) is 24.3 Å². The minimum Gasteiger partial charge on any atom is -0.431 e. The Kier molecular flexibility index (Phi) is 6.52. The third-order valence-electron chi connectivity index (χ3n) is 2.62. The van der Waals surface area contributed by atoms with Gasteiger partial charge in [-0.1, -0.05) is 23.9 Å². The summed E-state index contributed by atoms with van der Waals surface area (Å²) in [6.45, 7) is 1.44. The maximum Gasteiger partial charge on any atom is 0.257 e. The molecule has 0 aliphatic heterocycles. The van der Waals surface area contributed by atoms with Crippen molar-refractivity contribution in [1.29, 1.82) is 0 Å². The molecule has 0 bridgehead atoms. The summed E-state index contributed by atoms with van der Waals surface area (Å²) in [7, 11) is 0. The number of carbonyl (C=O) groups is 1. The van der Waals surface area contributed by atoms with Crippen molar-refractivity contribution in [2.45, 2.75) is 11.6 Å². The first-order chi connectivity index (χ1) is 10.3. The maximum absolute atomic E-state index is 11.6. The number of fused-ring (bicyclic) bond motifs is 1. The van der Waals surface area contributed by atoms with Gasteiger partial charge < -0.3 is 19.6 Å². The van der Waals surface area contributed by atoms with E-state index in [0.717, 1.165) is 17.5 Å². The predicted octanol–water partition coefficient (Wildman–Crippen LogP) is 1.44. The van der Waals surface area contributed by atoms with Crippen molar-refractivity contribution in [2.24, 2.45) is 0 Å². The molecule has 7 heteroatoms. The Hall–Kier alpha value is -1.57. The molecule has 0 radical (unpaired) electrons. The zero-order chi connectivity index (χ0) is 14.9. The fourth-order valence-corrected chi connectivity index (χ4v) is 2.33. The Bertz CT molecular complexity index is 540. The number of nitrogens with one attached hydrogen (secondary N) is 1. The number of thioether (sulfide) groups is 1. The van der Waals surface area contributed by atoms with E-state index in [1.54, 1.807) is 0 Å². The molecule has 0 atom stereocenters. The summed E-state index contributed by atoms with van der Waals surface area (Å²) < 4.78 is 10.6. The van der Waals surface area contributed by atoms with E-state index in [-0.39, 0.29) is 18.3 Å². The Morgan fingerprint density at radius 2 is 2.24 bits per heavy atom. The van der Waals surface area contributed by atoms with Crippen molar-refractivity contribution in [2.75, 3.05) is 32.1 Å². The molecule has 0 saturated heterocycles. The number of para-hydroxylation sites is 2. The normalized spacial score (nSPS) is 10.9. The SMILES string of the molecule is O=C(CSc1nc2ccccc2o1)NCCCOCCO. The number of oxazole rings is 1. The first-order valence-electron chi connectivity index (χ1n) is 6.73. The third-order valence-corrected chi connectivity index (χ3v) is 3.45. The molecule has 0 fully saturated rings. The molecule has 114 valence electrons. The van der Waals surface area contributed by atoms with Gasteiger partial charge in [0.15, 0.2) is 5.58 Å². The maximum atomic E-state index is 11.6. The van der Waals surface area contributed by atoms with Gasteiger partial charge in [-0.3, -0.25) is 4.79 Å². The largest absolute Gasteiger partial charge is 0.431 e. The number of amides is 1. The van der Waals surface area contributed by atoms with E-state index < -0.39 is 0 Å². The van der Waals surface area contributed by atoms with Gasteiger partial charge in [0, 0.05) is 13.2 Å². The van der Waals surface area contributed by atoms with Crippen molar-refractivity contribution in [1.82, 2.24) is 10.3 Å². The van der Waals surface area contributed by atoms with Crippen LogP contribution in [0.2, 0.25) is 0 Å². The summed E-state index contributed by atoms with van der Waals surface area (Å²) in [5.41, 5.74) is 1.52. The topological polar surface area (TPSA) is 84.6 Å². The standard InChI is InChI=1S/C14H18N2O4S/c17-7-9-19-8-3-6-15-13(18)10-21-14-16-11-4-1-2-5-12(11)20-14/h1-2,4-5,17H,3,6-10H2,(H,15,18). The molecular formula is C14H18N2O4S. The molecule has 6 nitrogen and oxygen atoms in total. The van der Waals surface area contributed by atoms with Crippen LogP contribution in [0, 0.1) is 0 Å². The van der Waals surface area contributed by atoms with E-state index in [4.69, 9.17) is 14.3 Å². The number of hydrogen-bond donors (Lipinski definition) is 2. The highest BCUT2D eigenvalue weighted by Gasteiger charge is 2.08. The van der Waals surface area contributed by atoms with Crippen LogP contribution in [-0.4, -0.2) is 48.1 Å². The van der Waals surface area contributed by atoms with Crippen LogP contribution in [0.25, 0.3) is 11.1 Å². The molecule has 1 aromatic heterocycles. The van der Waals surface area contributed by atoms with Gasteiger partial charge in [-0.15, -0.1) is 0 Å². The van der Waals surface area contributed by atoms with Gasteiger partial charge in [-0.05, 0) is 18.6 Å². The number of nitrogens with zero attached hydrogens (tertiary/aromatic N) is 1. The monoisotopic (exact) mass is 310 g/mol. The number of hydrogen-bond acceptors (Lipinski definition) is 6. The molecule has 1 amide bonds. The van der Waals surface area contributed by atoms with Crippen molar-refractivity contribution < 1.29 is 19.1 Å². The number of benzene rings is 1. The molecule has 0 unspecified atom stereocenters. The van der Waals surface area contributed by atoms with Gasteiger partial charge in [0.25, 0.3) is 5.22 Å². The summed E-state index contributed by atoms with van der Waals surface area (Å²) in [5, 5.41) is 11.8. The van der Waals surface area contributed by atoms with Crippen molar-refractivity contribution in [3.05, 3.63) is 24.3 Å². The Morgan fingerprint density at radius 1 is 1.38 bits per heavy atom. The summed E-state index contributed by atoms with van der Waals surface area (Å²) in [6, 6.07) is 7.49. The fourth-order valence-electron chi connectivity index (χ4n) is 1.66. The summed E-state index contributed by atoms with van der Waals surface area (Å²) in [5.74, 6) is 0.203. The average Bonchev–Trinajstić information content (AvgIpc) is 2.91. The third kappa shape index (κ3) is 5.37. The van der Waals surface area contributed by atoms with Gasteiger partial charge in [0.2, 0.25) is 5.91 Å². The van der Waals surface area contributed by atoms with Crippen molar-refractivity contribution in [3.8, 4) is 0 Å². The summed E-state index contributed by atoms with van der Waals surface area (Å²) in [4.78, 5) is 15.9. The number of aliphatic hydroxyl groups is 1.